The molecular formula is C47H87NO11. The van der Waals surface area contributed by atoms with Gasteiger partial charge < -0.3 is 35.3 Å². The molecule has 0 fully saturated rings. The van der Waals surface area contributed by atoms with Crippen molar-refractivity contribution in [3.05, 3.63) is 0 Å². The number of rotatable bonds is 44. The largest absolute Gasteiger partial charge is 0.481 e. The third kappa shape index (κ3) is 35.7. The highest BCUT2D eigenvalue weighted by Gasteiger charge is 2.27. The van der Waals surface area contributed by atoms with Gasteiger partial charge in [-0.15, -0.1) is 0 Å². The lowest BCUT2D eigenvalue weighted by Crippen LogP contribution is -2.33. The molecule has 0 aliphatic carbocycles. The Morgan fingerprint density at radius 1 is 0.458 bits per heavy atom. The first kappa shape index (κ1) is 56.3. The zero-order valence-corrected chi connectivity index (χ0v) is 37.5. The molecule has 12 heteroatoms. The second-order valence-electron chi connectivity index (χ2n) is 16.7. The Kier molecular flexibility index (Phi) is 38.8. The highest BCUT2D eigenvalue weighted by atomic mass is 16.6. The SMILES string of the molecule is CCCCCCCCCCCC(C(=O)O)C(=O)OCCCCCCCCCCOC(=O)CCCCCCCCCCC(O)C(CCCCC)OC(=O)CCC(N)C(=O)O. The number of carboxylic acids is 2. The standard InChI is InChI=1S/C47H87NO11/c1-3-5-7-8-9-10-15-20-26-31-39(45(52)53)47(56)58-38-30-24-19-14-13-18-23-29-37-57-43(50)34-28-22-17-12-11-16-21-27-32-41(49)42(33-25-6-4-2)59-44(51)36-35-40(48)46(54)55/h39-42,49H,3-38,48H2,1-2H3,(H,52,53)(H,54,55). The predicted octanol–water partition coefficient (Wildman–Crippen LogP) is 10.8. The average Bonchev–Trinajstić information content (AvgIpc) is 3.20. The number of aliphatic hydroxyl groups is 1. The fourth-order valence-corrected chi connectivity index (χ4v) is 7.22. The smallest absolute Gasteiger partial charge is 0.320 e. The number of hydrogen-bond acceptors (Lipinski definition) is 10. The molecule has 4 atom stereocenters. The van der Waals surface area contributed by atoms with Crippen LogP contribution in [0.1, 0.15) is 232 Å². The van der Waals surface area contributed by atoms with Crippen LogP contribution >= 0.6 is 0 Å². The van der Waals surface area contributed by atoms with Crippen LogP contribution in [0.3, 0.4) is 0 Å². The summed E-state index contributed by atoms with van der Waals surface area (Å²) in [4.78, 5) is 59.2. The number of esters is 3. The summed E-state index contributed by atoms with van der Waals surface area (Å²) in [5.41, 5.74) is 5.49. The molecule has 59 heavy (non-hydrogen) atoms. The number of ether oxygens (including phenoxy) is 3. The Balaban J connectivity index is 3.75. The first-order valence-electron chi connectivity index (χ1n) is 23.9. The van der Waals surface area contributed by atoms with Crippen molar-refractivity contribution in [2.45, 2.75) is 250 Å². The van der Waals surface area contributed by atoms with Gasteiger partial charge in [0.15, 0.2) is 5.92 Å². The zero-order valence-electron chi connectivity index (χ0n) is 37.5. The third-order valence-corrected chi connectivity index (χ3v) is 11.1. The van der Waals surface area contributed by atoms with Crippen molar-refractivity contribution in [3.63, 3.8) is 0 Å². The number of carboxylic acid groups (broad SMARTS) is 2. The van der Waals surface area contributed by atoms with Gasteiger partial charge in [0.1, 0.15) is 12.1 Å². The number of aliphatic hydroxyl groups excluding tert-OH is 1. The van der Waals surface area contributed by atoms with Crippen LogP contribution in [0.15, 0.2) is 0 Å². The first-order valence-corrected chi connectivity index (χ1v) is 23.9. The van der Waals surface area contributed by atoms with E-state index in [1.807, 2.05) is 0 Å². The third-order valence-electron chi connectivity index (χ3n) is 11.1. The highest BCUT2D eigenvalue weighted by Crippen LogP contribution is 2.19. The molecule has 346 valence electrons. The maximum atomic E-state index is 12.3. The fourth-order valence-electron chi connectivity index (χ4n) is 7.22. The van der Waals surface area contributed by atoms with Crippen LogP contribution in [-0.2, 0) is 38.2 Å². The minimum Gasteiger partial charge on any atom is -0.481 e. The quantitative estimate of drug-likeness (QED) is 0.0196. The zero-order chi connectivity index (χ0) is 43.8. The van der Waals surface area contributed by atoms with Crippen LogP contribution in [0.25, 0.3) is 0 Å². The Morgan fingerprint density at radius 2 is 0.881 bits per heavy atom. The van der Waals surface area contributed by atoms with E-state index in [2.05, 4.69) is 13.8 Å². The van der Waals surface area contributed by atoms with Crippen molar-refractivity contribution in [2.75, 3.05) is 13.2 Å². The lowest BCUT2D eigenvalue weighted by molar-refractivity contribution is -0.159. The van der Waals surface area contributed by atoms with E-state index in [9.17, 15) is 34.2 Å². The first-order chi connectivity index (χ1) is 28.5. The lowest BCUT2D eigenvalue weighted by atomic mass is 9.99. The summed E-state index contributed by atoms with van der Waals surface area (Å²) >= 11 is 0. The Labute approximate surface area is 357 Å². The summed E-state index contributed by atoms with van der Waals surface area (Å²) in [6.45, 7) is 5.05. The summed E-state index contributed by atoms with van der Waals surface area (Å²) < 4.78 is 16.2. The Hall–Kier alpha value is -2.73. The van der Waals surface area contributed by atoms with Crippen molar-refractivity contribution < 1.29 is 53.5 Å². The molecule has 0 saturated heterocycles. The van der Waals surface area contributed by atoms with Gasteiger partial charge in [0.05, 0.1) is 19.3 Å². The second-order valence-corrected chi connectivity index (χ2v) is 16.7. The molecule has 0 heterocycles. The normalized spacial score (nSPS) is 13.4. The summed E-state index contributed by atoms with van der Waals surface area (Å²) in [5, 5.41) is 29.1. The van der Waals surface area contributed by atoms with Crippen molar-refractivity contribution in [1.29, 1.82) is 0 Å². The van der Waals surface area contributed by atoms with Gasteiger partial charge >= 0.3 is 29.8 Å². The molecule has 0 aromatic heterocycles. The number of nitrogens with two attached hydrogens (primary N) is 1. The average molecular weight is 842 g/mol. The number of carbonyl (C=O) groups is 5. The van der Waals surface area contributed by atoms with E-state index in [1.54, 1.807) is 0 Å². The van der Waals surface area contributed by atoms with Crippen LogP contribution < -0.4 is 5.73 Å². The van der Waals surface area contributed by atoms with Crippen molar-refractivity contribution >= 4 is 29.8 Å². The van der Waals surface area contributed by atoms with Crippen LogP contribution in [0.2, 0.25) is 0 Å². The van der Waals surface area contributed by atoms with E-state index in [1.165, 1.54) is 38.5 Å². The highest BCUT2D eigenvalue weighted by molar-refractivity contribution is 5.93. The molecule has 0 aliphatic rings. The van der Waals surface area contributed by atoms with Gasteiger partial charge in [-0.25, -0.2) is 0 Å². The topological polar surface area (TPSA) is 200 Å². The van der Waals surface area contributed by atoms with Gasteiger partial charge in [0, 0.05) is 12.8 Å². The number of hydrogen-bond donors (Lipinski definition) is 4. The van der Waals surface area contributed by atoms with Crippen LogP contribution in [-0.4, -0.2) is 76.6 Å². The molecule has 0 radical (unpaired) electrons. The summed E-state index contributed by atoms with van der Waals surface area (Å²) in [6, 6.07) is -1.10. The maximum Gasteiger partial charge on any atom is 0.320 e. The van der Waals surface area contributed by atoms with E-state index in [4.69, 9.17) is 25.1 Å². The lowest BCUT2D eigenvalue weighted by Gasteiger charge is -2.23. The van der Waals surface area contributed by atoms with Crippen LogP contribution in [0.5, 0.6) is 0 Å². The number of unbranched alkanes of at least 4 members (excludes halogenated alkanes) is 24. The summed E-state index contributed by atoms with van der Waals surface area (Å²) in [6.07, 6.45) is 29.7. The van der Waals surface area contributed by atoms with Crippen LogP contribution in [0.4, 0.5) is 0 Å². The van der Waals surface area contributed by atoms with Gasteiger partial charge in [-0.2, -0.15) is 0 Å². The molecule has 0 amide bonds. The summed E-state index contributed by atoms with van der Waals surface area (Å²) in [7, 11) is 0. The molecule has 0 aromatic carbocycles. The van der Waals surface area contributed by atoms with Crippen molar-refractivity contribution in [1.82, 2.24) is 0 Å². The van der Waals surface area contributed by atoms with Gasteiger partial charge in [-0.05, 0) is 51.4 Å². The molecule has 0 spiro atoms. The Morgan fingerprint density at radius 3 is 1.39 bits per heavy atom. The molecule has 0 saturated carbocycles. The molecule has 4 unspecified atom stereocenters. The van der Waals surface area contributed by atoms with E-state index >= 15 is 0 Å². The van der Waals surface area contributed by atoms with Crippen molar-refractivity contribution in [3.8, 4) is 0 Å². The molecule has 12 nitrogen and oxygen atoms in total. The summed E-state index contributed by atoms with van der Waals surface area (Å²) in [5.74, 6) is -4.52. The molecule has 0 rings (SSSR count). The van der Waals surface area contributed by atoms with Gasteiger partial charge in [-0.1, -0.05) is 168 Å². The predicted molar refractivity (Wildman–Crippen MR) is 233 cm³/mol. The minimum atomic E-state index is -1.15. The number of carbonyl (C=O) groups excluding carboxylic acids is 3. The Bertz CT molecular complexity index is 1060. The molecular weight excluding hydrogens is 755 g/mol. The van der Waals surface area contributed by atoms with Gasteiger partial charge in [0.25, 0.3) is 0 Å². The van der Waals surface area contributed by atoms with E-state index in [-0.39, 0.29) is 25.4 Å². The molecule has 5 N–H and O–H groups in total. The monoisotopic (exact) mass is 842 g/mol. The van der Waals surface area contributed by atoms with Gasteiger partial charge in [-0.3, -0.25) is 24.0 Å². The van der Waals surface area contributed by atoms with Gasteiger partial charge in [0.2, 0.25) is 0 Å². The minimum absolute atomic E-state index is 0.00609. The fraction of sp³-hybridized carbons (Fsp3) is 0.894. The van der Waals surface area contributed by atoms with E-state index < -0.39 is 48.0 Å². The second kappa shape index (κ2) is 40.7. The van der Waals surface area contributed by atoms with Crippen LogP contribution in [0, 0.1) is 5.92 Å². The molecule has 0 aromatic rings. The van der Waals surface area contributed by atoms with Crippen molar-refractivity contribution in [2.24, 2.45) is 11.7 Å². The molecule has 0 aliphatic heterocycles. The molecule has 0 bridgehead atoms. The van der Waals surface area contributed by atoms with E-state index in [0.29, 0.717) is 32.3 Å². The maximum absolute atomic E-state index is 12.3. The van der Waals surface area contributed by atoms with E-state index in [0.717, 1.165) is 141 Å². The number of aliphatic carboxylic acids is 2.